The number of anilines is 3. The third-order valence-electron chi connectivity index (χ3n) is 5.12. The number of fused-ring (bicyclic) bond motifs is 1. The first-order chi connectivity index (χ1) is 16.5. The molecule has 0 spiro atoms. The Bertz CT molecular complexity index is 1480. The second kappa shape index (κ2) is 9.12. The smallest absolute Gasteiger partial charge is 0.270 e. The first-order valence-corrected chi connectivity index (χ1v) is 11.2. The van der Waals surface area contributed by atoms with E-state index in [9.17, 15) is 9.59 Å². The van der Waals surface area contributed by atoms with Gasteiger partial charge < -0.3 is 16.4 Å². The lowest BCUT2D eigenvalue weighted by Crippen LogP contribution is -2.17. The second-order valence-corrected chi connectivity index (χ2v) is 8.49. The van der Waals surface area contributed by atoms with Crippen LogP contribution in [0.3, 0.4) is 0 Å². The van der Waals surface area contributed by atoms with Crippen molar-refractivity contribution in [3.63, 3.8) is 0 Å². The Hall–Kier alpha value is -4.57. The molecule has 10 heteroatoms. The molecule has 0 aliphatic rings. The summed E-state index contributed by atoms with van der Waals surface area (Å²) < 4.78 is 1.69. The van der Waals surface area contributed by atoms with E-state index >= 15 is 0 Å². The summed E-state index contributed by atoms with van der Waals surface area (Å²) in [6, 6.07) is 21.0. The maximum Gasteiger partial charge on any atom is 0.270 e. The van der Waals surface area contributed by atoms with Gasteiger partial charge >= 0.3 is 0 Å². The van der Waals surface area contributed by atoms with Gasteiger partial charge in [-0.15, -0.1) is 0 Å². The molecule has 168 valence electrons. The summed E-state index contributed by atoms with van der Waals surface area (Å²) in [5.74, 6) is -1.09. The van der Waals surface area contributed by atoms with Crippen LogP contribution in [0, 0.1) is 0 Å². The van der Waals surface area contributed by atoms with E-state index in [1.165, 1.54) is 6.33 Å². The Morgan fingerprint density at radius 1 is 1.00 bits per heavy atom. The van der Waals surface area contributed by atoms with Gasteiger partial charge in [0.1, 0.15) is 17.7 Å². The predicted octanol–water partition coefficient (Wildman–Crippen LogP) is 4.03. The Morgan fingerprint density at radius 2 is 1.79 bits per heavy atom. The molecule has 2 amide bonds. The summed E-state index contributed by atoms with van der Waals surface area (Å²) in [7, 11) is 0. The van der Waals surface area contributed by atoms with E-state index in [0.29, 0.717) is 17.2 Å². The normalized spacial score (nSPS) is 10.8. The highest BCUT2D eigenvalue weighted by Crippen LogP contribution is 2.31. The van der Waals surface area contributed by atoms with Crippen LogP contribution >= 0.6 is 11.3 Å². The monoisotopic (exact) mass is 469 g/mol. The molecular weight excluding hydrogens is 450 g/mol. The Kier molecular flexibility index (Phi) is 5.71. The highest BCUT2D eigenvalue weighted by atomic mass is 32.1. The zero-order chi connectivity index (χ0) is 23.5. The molecule has 0 aliphatic carbocycles. The van der Waals surface area contributed by atoms with Crippen LogP contribution in [0.25, 0.3) is 10.8 Å². The molecule has 0 saturated carbocycles. The number of primary amides is 1. The first kappa shape index (κ1) is 21.3. The molecule has 2 aromatic heterocycles. The zero-order valence-corrected chi connectivity index (χ0v) is 18.6. The molecule has 0 radical (unpaired) electrons. The number of nitrogens with two attached hydrogens (primary N) is 1. The zero-order valence-electron chi connectivity index (χ0n) is 17.8. The minimum Gasteiger partial charge on any atom is -0.364 e. The van der Waals surface area contributed by atoms with Crippen LogP contribution < -0.4 is 16.4 Å². The number of carbonyl (C=O) groups is 2. The van der Waals surface area contributed by atoms with Gasteiger partial charge in [0.2, 0.25) is 0 Å². The van der Waals surface area contributed by atoms with Crippen LogP contribution in [0.1, 0.15) is 26.4 Å². The van der Waals surface area contributed by atoms with Gasteiger partial charge in [0.05, 0.1) is 6.54 Å². The number of hydrogen-bond acceptors (Lipinski definition) is 7. The second-order valence-electron chi connectivity index (χ2n) is 7.49. The molecular formula is C24H19N7O2S. The van der Waals surface area contributed by atoms with Crippen LogP contribution in [-0.4, -0.2) is 31.6 Å². The molecule has 0 bridgehead atoms. The van der Waals surface area contributed by atoms with Crippen molar-refractivity contribution in [2.45, 2.75) is 6.54 Å². The molecule has 0 aliphatic heterocycles. The number of aromatic nitrogens is 4. The number of amides is 2. The fourth-order valence-electron chi connectivity index (χ4n) is 3.45. The number of thiazole rings is 1. The summed E-state index contributed by atoms with van der Waals surface area (Å²) in [5, 5.41) is 12.9. The quantitative estimate of drug-likeness (QED) is 0.330. The van der Waals surface area contributed by atoms with Crippen molar-refractivity contribution < 1.29 is 9.59 Å². The predicted molar refractivity (Wildman–Crippen MR) is 131 cm³/mol. The van der Waals surface area contributed by atoms with E-state index in [1.54, 1.807) is 23.1 Å². The van der Waals surface area contributed by atoms with Crippen LogP contribution in [0.15, 0.2) is 79.4 Å². The van der Waals surface area contributed by atoms with Gasteiger partial charge in [-0.2, -0.15) is 5.10 Å². The molecule has 0 unspecified atom stereocenters. The maximum absolute atomic E-state index is 12.8. The lowest BCUT2D eigenvalue weighted by Gasteiger charge is -2.06. The number of benzene rings is 3. The average Bonchev–Trinajstić information content (AvgIpc) is 3.49. The highest BCUT2D eigenvalue weighted by Gasteiger charge is 2.19. The largest absolute Gasteiger partial charge is 0.364 e. The molecule has 2 heterocycles. The van der Waals surface area contributed by atoms with E-state index in [1.807, 2.05) is 54.6 Å². The Balaban J connectivity index is 1.32. The van der Waals surface area contributed by atoms with E-state index in [2.05, 4.69) is 25.7 Å². The van der Waals surface area contributed by atoms with Crippen molar-refractivity contribution in [1.82, 2.24) is 19.7 Å². The number of hydrogen-bond donors (Lipinski definition) is 3. The maximum atomic E-state index is 12.8. The van der Waals surface area contributed by atoms with Gasteiger partial charge in [-0.25, -0.2) is 14.6 Å². The molecule has 4 N–H and O–H groups in total. The van der Waals surface area contributed by atoms with Gasteiger partial charge in [0.15, 0.2) is 10.8 Å². The fraction of sp³-hybridized carbons (Fsp3) is 0.0417. The summed E-state index contributed by atoms with van der Waals surface area (Å²) in [4.78, 5) is 33.0. The molecule has 0 atom stereocenters. The SMILES string of the molecule is NC(=O)c1nc(Nc2ccc3ccccc3c2)sc1NC(=O)c1ccc(Cn2cncn2)cc1. The minimum atomic E-state index is -0.721. The average molecular weight is 470 g/mol. The van der Waals surface area contributed by atoms with Crippen molar-refractivity contribution in [3.05, 3.63) is 96.2 Å². The van der Waals surface area contributed by atoms with Gasteiger partial charge in [-0.05, 0) is 40.6 Å². The molecule has 5 rings (SSSR count). The Morgan fingerprint density at radius 3 is 2.53 bits per heavy atom. The standard InChI is InChI=1S/C24H19N7O2S/c25-21(32)20-23(30-22(33)17-7-5-15(6-8-17)12-31-14-26-13-27-31)34-24(29-20)28-19-10-9-16-3-1-2-4-18(16)11-19/h1-11,13-14H,12H2,(H2,25,32)(H,28,29)(H,30,33). The number of carbonyl (C=O) groups excluding carboxylic acids is 2. The molecule has 34 heavy (non-hydrogen) atoms. The van der Waals surface area contributed by atoms with Crippen LogP contribution in [-0.2, 0) is 6.54 Å². The number of rotatable bonds is 7. The minimum absolute atomic E-state index is 0.00411. The van der Waals surface area contributed by atoms with E-state index in [4.69, 9.17) is 5.73 Å². The van der Waals surface area contributed by atoms with Crippen LogP contribution in [0.2, 0.25) is 0 Å². The molecule has 0 saturated heterocycles. The van der Waals surface area contributed by atoms with Crippen molar-refractivity contribution in [2.75, 3.05) is 10.6 Å². The lowest BCUT2D eigenvalue weighted by atomic mass is 10.1. The number of nitrogens with one attached hydrogen (secondary N) is 2. The topological polar surface area (TPSA) is 128 Å². The van der Waals surface area contributed by atoms with Gasteiger partial charge in [-0.3, -0.25) is 9.59 Å². The fourth-order valence-corrected chi connectivity index (χ4v) is 4.34. The van der Waals surface area contributed by atoms with E-state index in [-0.39, 0.29) is 16.6 Å². The molecule has 0 fully saturated rings. The third-order valence-corrected chi connectivity index (χ3v) is 6.00. The first-order valence-electron chi connectivity index (χ1n) is 10.3. The van der Waals surface area contributed by atoms with Crippen molar-refractivity contribution in [1.29, 1.82) is 0 Å². The van der Waals surface area contributed by atoms with Crippen molar-refractivity contribution >= 4 is 49.7 Å². The van der Waals surface area contributed by atoms with Gasteiger partial charge in [0.25, 0.3) is 11.8 Å². The summed E-state index contributed by atoms with van der Waals surface area (Å²) in [5.41, 5.74) is 7.73. The molecule has 5 aromatic rings. The highest BCUT2D eigenvalue weighted by molar-refractivity contribution is 7.20. The van der Waals surface area contributed by atoms with E-state index < -0.39 is 5.91 Å². The van der Waals surface area contributed by atoms with Gasteiger partial charge in [-0.1, -0.05) is 53.8 Å². The summed E-state index contributed by atoms with van der Waals surface area (Å²) in [6.07, 6.45) is 3.09. The molecule has 3 aromatic carbocycles. The van der Waals surface area contributed by atoms with E-state index in [0.717, 1.165) is 33.4 Å². The van der Waals surface area contributed by atoms with Crippen LogP contribution in [0.5, 0.6) is 0 Å². The van der Waals surface area contributed by atoms with Crippen LogP contribution in [0.4, 0.5) is 15.8 Å². The molecule has 9 nitrogen and oxygen atoms in total. The third kappa shape index (κ3) is 4.62. The summed E-state index contributed by atoms with van der Waals surface area (Å²) in [6.45, 7) is 0.548. The van der Waals surface area contributed by atoms with Gasteiger partial charge in [0, 0.05) is 11.3 Å². The Labute approximate surface area is 198 Å². The van der Waals surface area contributed by atoms with Crippen molar-refractivity contribution in [2.24, 2.45) is 5.73 Å². The summed E-state index contributed by atoms with van der Waals surface area (Å²) >= 11 is 1.14. The number of nitrogens with zero attached hydrogens (tertiary/aromatic N) is 4. The lowest BCUT2D eigenvalue weighted by molar-refractivity contribution is 0.0997. The van der Waals surface area contributed by atoms with Crippen molar-refractivity contribution in [3.8, 4) is 0 Å².